The second-order valence-corrected chi connectivity index (χ2v) is 5.64. The second-order valence-electron chi connectivity index (χ2n) is 5.64. The summed E-state index contributed by atoms with van der Waals surface area (Å²) in [4.78, 5) is 11.8. The number of nitrogens with zero attached hydrogens (tertiary/aromatic N) is 1. The number of benzene rings is 1. The number of nitrogens with one attached hydrogen (secondary N) is 1. The van der Waals surface area contributed by atoms with E-state index in [1.807, 2.05) is 0 Å². The number of hydrogen-bond acceptors (Lipinski definition) is 3. The zero-order valence-electron chi connectivity index (χ0n) is 12.0. The first-order valence-corrected chi connectivity index (χ1v) is 6.44. The van der Waals surface area contributed by atoms with Gasteiger partial charge in [0.1, 0.15) is 5.75 Å². The molecule has 0 aromatic heterocycles. The molecule has 1 amide bonds. The number of hydrazine groups is 1. The minimum absolute atomic E-state index is 0.0227. The van der Waals surface area contributed by atoms with Crippen LogP contribution >= 0.6 is 0 Å². The number of carbonyl (C=O) groups is 1. The Labute approximate surface area is 120 Å². The van der Waals surface area contributed by atoms with Gasteiger partial charge in [0.15, 0.2) is 6.04 Å². The smallest absolute Gasteiger partial charge is 0.410 e. The van der Waals surface area contributed by atoms with E-state index in [0.29, 0.717) is 0 Å². The maximum Gasteiger partial charge on any atom is 0.410 e. The van der Waals surface area contributed by atoms with Crippen molar-refractivity contribution in [1.82, 2.24) is 10.4 Å². The fraction of sp³-hybridized carbons (Fsp3) is 0.500. The molecule has 0 saturated carbocycles. The monoisotopic (exact) mass is 302 g/mol. The van der Waals surface area contributed by atoms with E-state index in [2.05, 4.69) is 5.43 Å². The maximum atomic E-state index is 13.5. The molecule has 0 spiro atoms. The standard InChI is InChI=1S/C14H17F3N2O2/c1-13(2)8-19(18-12(13)20)11(14(15,16)17)9-6-4-5-7-10(9)21-3/h4-7,11H,8H2,1-3H3,(H,18,20)/t11-/m0/s1. The van der Waals surface area contributed by atoms with Crippen LogP contribution < -0.4 is 10.2 Å². The van der Waals surface area contributed by atoms with E-state index in [9.17, 15) is 18.0 Å². The van der Waals surface area contributed by atoms with Crippen LogP contribution in [0.4, 0.5) is 13.2 Å². The Morgan fingerprint density at radius 2 is 1.95 bits per heavy atom. The number of ether oxygens (including phenoxy) is 1. The highest BCUT2D eigenvalue weighted by Crippen LogP contribution is 2.43. The van der Waals surface area contributed by atoms with Crippen molar-refractivity contribution in [2.45, 2.75) is 26.1 Å². The van der Waals surface area contributed by atoms with Crippen LogP contribution in [0.1, 0.15) is 25.5 Å². The van der Waals surface area contributed by atoms with Gasteiger partial charge in [-0.15, -0.1) is 0 Å². The molecule has 1 aliphatic heterocycles. The molecule has 1 heterocycles. The third-order valence-electron chi connectivity index (χ3n) is 3.48. The van der Waals surface area contributed by atoms with Crippen molar-refractivity contribution in [3.63, 3.8) is 0 Å². The van der Waals surface area contributed by atoms with Gasteiger partial charge in [0.05, 0.1) is 12.5 Å². The van der Waals surface area contributed by atoms with Crippen LogP contribution in [0.25, 0.3) is 0 Å². The summed E-state index contributed by atoms with van der Waals surface area (Å²) in [6, 6.07) is 3.99. The van der Waals surface area contributed by atoms with Crippen LogP contribution in [0.15, 0.2) is 24.3 Å². The molecule has 0 unspecified atom stereocenters. The van der Waals surface area contributed by atoms with Gasteiger partial charge in [-0.1, -0.05) is 18.2 Å². The molecular weight excluding hydrogens is 285 g/mol. The van der Waals surface area contributed by atoms with Gasteiger partial charge in [-0.25, -0.2) is 5.01 Å². The molecular formula is C14H17F3N2O2. The van der Waals surface area contributed by atoms with Crippen LogP contribution in [0.3, 0.4) is 0 Å². The minimum Gasteiger partial charge on any atom is -0.496 e. The predicted molar refractivity (Wildman–Crippen MR) is 70.4 cm³/mol. The van der Waals surface area contributed by atoms with E-state index in [0.717, 1.165) is 5.01 Å². The highest BCUT2D eigenvalue weighted by molar-refractivity contribution is 5.83. The number of amides is 1. The van der Waals surface area contributed by atoms with E-state index in [1.54, 1.807) is 19.9 Å². The lowest BCUT2D eigenvalue weighted by atomic mass is 9.93. The number of hydrogen-bond donors (Lipinski definition) is 1. The van der Waals surface area contributed by atoms with E-state index < -0.39 is 23.5 Å². The first-order valence-electron chi connectivity index (χ1n) is 6.44. The van der Waals surface area contributed by atoms with Crippen LogP contribution in [0, 0.1) is 5.41 Å². The SMILES string of the molecule is COc1ccccc1[C@H](N1CC(C)(C)C(=O)N1)C(F)(F)F. The summed E-state index contributed by atoms with van der Waals surface area (Å²) in [7, 11) is 1.32. The predicted octanol–water partition coefficient (Wildman–Crippen LogP) is 2.67. The van der Waals surface area contributed by atoms with Crippen molar-refractivity contribution in [3.05, 3.63) is 29.8 Å². The summed E-state index contributed by atoms with van der Waals surface area (Å²) in [5, 5.41) is 0.931. The lowest BCUT2D eigenvalue weighted by molar-refractivity contribution is -0.192. The average Bonchev–Trinajstić information content (AvgIpc) is 2.62. The summed E-state index contributed by atoms with van der Waals surface area (Å²) < 4.78 is 45.5. The first kappa shape index (κ1) is 15.6. The summed E-state index contributed by atoms with van der Waals surface area (Å²) in [6.07, 6.45) is -4.54. The molecule has 21 heavy (non-hydrogen) atoms. The van der Waals surface area contributed by atoms with Gasteiger partial charge in [-0.2, -0.15) is 13.2 Å². The number of rotatable bonds is 3. The molecule has 0 aliphatic carbocycles. The Morgan fingerprint density at radius 1 is 1.33 bits per heavy atom. The van der Waals surface area contributed by atoms with Crippen LogP contribution in [-0.2, 0) is 4.79 Å². The largest absolute Gasteiger partial charge is 0.496 e. The summed E-state index contributed by atoms with van der Waals surface area (Å²) >= 11 is 0. The summed E-state index contributed by atoms with van der Waals surface area (Å²) in [5.74, 6) is -0.287. The van der Waals surface area contributed by atoms with Crippen molar-refractivity contribution < 1.29 is 22.7 Å². The molecule has 1 N–H and O–H groups in total. The van der Waals surface area contributed by atoms with Crippen LogP contribution in [0.2, 0.25) is 0 Å². The molecule has 116 valence electrons. The minimum atomic E-state index is -4.54. The average molecular weight is 302 g/mol. The molecule has 0 bridgehead atoms. The molecule has 2 rings (SSSR count). The third kappa shape index (κ3) is 2.97. The molecule has 4 nitrogen and oxygen atoms in total. The molecule has 1 aromatic rings. The van der Waals surface area contributed by atoms with Gasteiger partial charge < -0.3 is 4.74 Å². The second kappa shape index (κ2) is 5.22. The number of carbonyl (C=O) groups excluding carboxylic acids is 1. The number of para-hydroxylation sites is 1. The number of halogens is 3. The van der Waals surface area contributed by atoms with Crippen molar-refractivity contribution in [3.8, 4) is 5.75 Å². The van der Waals surface area contributed by atoms with E-state index in [-0.39, 0.29) is 17.9 Å². The lowest BCUT2D eigenvalue weighted by Crippen LogP contribution is -2.43. The molecule has 1 saturated heterocycles. The quantitative estimate of drug-likeness (QED) is 0.933. The van der Waals surface area contributed by atoms with Gasteiger partial charge in [-0.3, -0.25) is 10.2 Å². The highest BCUT2D eigenvalue weighted by atomic mass is 19.4. The Balaban J connectivity index is 2.44. The molecule has 0 radical (unpaired) electrons. The Bertz CT molecular complexity index is 543. The van der Waals surface area contributed by atoms with Gasteiger partial charge in [0.25, 0.3) is 0 Å². The Hall–Kier alpha value is -1.76. The molecule has 1 aromatic carbocycles. The summed E-state index contributed by atoms with van der Waals surface area (Å²) in [6.45, 7) is 3.18. The highest BCUT2D eigenvalue weighted by Gasteiger charge is 2.51. The zero-order valence-corrected chi connectivity index (χ0v) is 12.0. The zero-order chi connectivity index (χ0) is 15.8. The Kier molecular flexibility index (Phi) is 3.88. The van der Waals surface area contributed by atoms with Crippen LogP contribution in [0.5, 0.6) is 5.75 Å². The van der Waals surface area contributed by atoms with E-state index >= 15 is 0 Å². The van der Waals surface area contributed by atoms with Gasteiger partial charge >= 0.3 is 6.18 Å². The normalized spacial score (nSPS) is 20.2. The molecule has 1 atom stereocenters. The molecule has 1 aliphatic rings. The Morgan fingerprint density at radius 3 is 2.43 bits per heavy atom. The maximum absolute atomic E-state index is 13.5. The third-order valence-corrected chi connectivity index (χ3v) is 3.48. The lowest BCUT2D eigenvalue weighted by Gasteiger charge is -2.30. The topological polar surface area (TPSA) is 41.6 Å². The van der Waals surface area contributed by atoms with Crippen molar-refractivity contribution in [1.29, 1.82) is 0 Å². The van der Waals surface area contributed by atoms with Crippen molar-refractivity contribution in [2.24, 2.45) is 5.41 Å². The molecule has 7 heteroatoms. The first-order chi connectivity index (χ1) is 9.66. The fourth-order valence-electron chi connectivity index (χ4n) is 2.39. The number of methoxy groups -OCH3 is 1. The number of alkyl halides is 3. The van der Waals surface area contributed by atoms with Crippen LogP contribution in [-0.4, -0.2) is 30.7 Å². The molecule has 1 fully saturated rings. The van der Waals surface area contributed by atoms with Crippen molar-refractivity contribution >= 4 is 5.91 Å². The fourth-order valence-corrected chi connectivity index (χ4v) is 2.39. The van der Waals surface area contributed by atoms with Gasteiger partial charge in [0, 0.05) is 12.1 Å². The van der Waals surface area contributed by atoms with Gasteiger partial charge in [-0.05, 0) is 19.9 Å². The van der Waals surface area contributed by atoms with Crippen molar-refractivity contribution in [2.75, 3.05) is 13.7 Å². The van der Waals surface area contributed by atoms with Gasteiger partial charge in [0.2, 0.25) is 5.91 Å². The van der Waals surface area contributed by atoms with E-state index in [1.165, 1.54) is 25.3 Å². The van der Waals surface area contributed by atoms with E-state index in [4.69, 9.17) is 4.74 Å². The summed E-state index contributed by atoms with van der Waals surface area (Å²) in [5.41, 5.74) is 1.43.